The first-order valence-corrected chi connectivity index (χ1v) is 10.3. The Hall–Kier alpha value is -3.00. The zero-order valence-corrected chi connectivity index (χ0v) is 16.8. The van der Waals surface area contributed by atoms with E-state index in [1.165, 1.54) is 12.1 Å². The van der Waals surface area contributed by atoms with Crippen LogP contribution in [0.1, 0.15) is 45.9 Å². The third kappa shape index (κ3) is 3.63. The Morgan fingerprint density at radius 2 is 2.03 bits per heavy atom. The van der Waals surface area contributed by atoms with Crippen LogP contribution >= 0.6 is 0 Å². The van der Waals surface area contributed by atoms with Crippen molar-refractivity contribution >= 4 is 5.91 Å². The second-order valence-corrected chi connectivity index (χ2v) is 8.20. The molecule has 3 aromatic rings. The minimum atomic E-state index is -0.293. The summed E-state index contributed by atoms with van der Waals surface area (Å²) in [5, 5.41) is 11.5. The lowest BCUT2D eigenvalue weighted by Gasteiger charge is -2.25. The number of rotatable bonds is 5. The van der Waals surface area contributed by atoms with Gasteiger partial charge >= 0.3 is 0 Å². The van der Waals surface area contributed by atoms with Crippen molar-refractivity contribution in [1.82, 2.24) is 25.0 Å². The second-order valence-electron chi connectivity index (χ2n) is 8.20. The number of halogens is 1. The maximum Gasteiger partial charge on any atom is 0.289 e. The number of furan rings is 1. The molecule has 0 unspecified atom stereocenters. The molecule has 30 heavy (non-hydrogen) atoms. The lowest BCUT2D eigenvalue weighted by molar-refractivity contribution is 0.0933. The minimum Gasteiger partial charge on any atom is -0.465 e. The maximum atomic E-state index is 13.0. The summed E-state index contributed by atoms with van der Waals surface area (Å²) in [6.07, 6.45) is 1.00. The summed E-state index contributed by atoms with van der Waals surface area (Å²) >= 11 is 0. The molecule has 1 amide bonds. The first-order valence-electron chi connectivity index (χ1n) is 10.3. The zero-order chi connectivity index (χ0) is 20.7. The van der Waals surface area contributed by atoms with Crippen molar-refractivity contribution < 1.29 is 13.6 Å². The molecule has 4 heterocycles. The highest BCUT2D eigenvalue weighted by Gasteiger charge is 2.40. The summed E-state index contributed by atoms with van der Waals surface area (Å²) in [6.45, 7) is 5.71. The van der Waals surface area contributed by atoms with E-state index in [0.717, 1.165) is 55.5 Å². The normalized spacial score (nSPS) is 20.7. The van der Waals surface area contributed by atoms with Crippen LogP contribution in [0, 0.1) is 18.7 Å². The number of hydrogen-bond acceptors (Lipinski definition) is 5. The van der Waals surface area contributed by atoms with E-state index in [-0.39, 0.29) is 17.6 Å². The fourth-order valence-corrected chi connectivity index (χ4v) is 4.60. The molecule has 0 radical (unpaired) electrons. The number of nitrogens with one attached hydrogen (secondary N) is 1. The molecular formula is C22H24FN5O2. The smallest absolute Gasteiger partial charge is 0.289 e. The molecule has 2 aliphatic heterocycles. The second kappa shape index (κ2) is 7.68. The average molecular weight is 409 g/mol. The summed E-state index contributed by atoms with van der Waals surface area (Å²) < 4.78 is 20.7. The van der Waals surface area contributed by atoms with Gasteiger partial charge in [0.25, 0.3) is 5.91 Å². The number of aromatic nitrogens is 3. The van der Waals surface area contributed by atoms with Crippen LogP contribution in [0.5, 0.6) is 0 Å². The highest BCUT2D eigenvalue weighted by Crippen LogP contribution is 2.38. The van der Waals surface area contributed by atoms with Crippen LogP contribution in [0.15, 0.2) is 40.8 Å². The van der Waals surface area contributed by atoms with E-state index >= 15 is 0 Å². The summed E-state index contributed by atoms with van der Waals surface area (Å²) in [4.78, 5) is 15.1. The summed E-state index contributed by atoms with van der Waals surface area (Å²) in [5.74, 6) is 3.42. The standard InChI is InChI=1S/C22H24FN5O2/c1-14-2-7-18(30-14)12-27-11-16-8-9-28-20(19(16)13-27)25-26-21(28)22(29)24-10-15-3-5-17(23)6-4-15/h2-7,16,19H,8-13H2,1H3,(H,24,29)/t16-,19+/m1/s1. The van der Waals surface area contributed by atoms with Gasteiger partial charge in [-0.25, -0.2) is 4.39 Å². The van der Waals surface area contributed by atoms with Gasteiger partial charge in [-0.1, -0.05) is 12.1 Å². The van der Waals surface area contributed by atoms with Gasteiger partial charge in [-0.15, -0.1) is 10.2 Å². The summed E-state index contributed by atoms with van der Waals surface area (Å²) in [6, 6.07) is 10.1. The fourth-order valence-electron chi connectivity index (χ4n) is 4.60. The van der Waals surface area contributed by atoms with Gasteiger partial charge in [0.1, 0.15) is 23.2 Å². The van der Waals surface area contributed by atoms with Gasteiger partial charge in [0.05, 0.1) is 6.54 Å². The van der Waals surface area contributed by atoms with Gasteiger partial charge in [-0.3, -0.25) is 9.69 Å². The molecule has 2 aliphatic rings. The first-order chi connectivity index (χ1) is 14.6. The largest absolute Gasteiger partial charge is 0.465 e. The number of nitrogens with zero attached hydrogens (tertiary/aromatic N) is 4. The highest BCUT2D eigenvalue weighted by atomic mass is 19.1. The molecule has 2 atom stereocenters. The van der Waals surface area contributed by atoms with Crippen molar-refractivity contribution in [2.24, 2.45) is 5.92 Å². The molecule has 0 saturated carbocycles. The summed E-state index contributed by atoms with van der Waals surface area (Å²) in [7, 11) is 0. The maximum absolute atomic E-state index is 13.0. The molecule has 0 aliphatic carbocycles. The van der Waals surface area contributed by atoms with E-state index in [1.54, 1.807) is 12.1 Å². The molecular weight excluding hydrogens is 385 g/mol. The van der Waals surface area contributed by atoms with Crippen molar-refractivity contribution in [3.8, 4) is 0 Å². The Kier molecular flexibility index (Phi) is 4.86. The van der Waals surface area contributed by atoms with Crippen molar-refractivity contribution in [3.05, 3.63) is 70.9 Å². The third-order valence-corrected chi connectivity index (χ3v) is 6.10. The number of hydrogen-bond donors (Lipinski definition) is 1. The van der Waals surface area contributed by atoms with Gasteiger partial charge in [-0.05, 0) is 49.1 Å². The number of amides is 1. The van der Waals surface area contributed by atoms with E-state index in [0.29, 0.717) is 18.3 Å². The number of benzene rings is 1. The predicted molar refractivity (Wildman–Crippen MR) is 107 cm³/mol. The summed E-state index contributed by atoms with van der Waals surface area (Å²) in [5.41, 5.74) is 0.836. The van der Waals surface area contributed by atoms with Crippen molar-refractivity contribution in [1.29, 1.82) is 0 Å². The Balaban J connectivity index is 1.26. The lowest BCUT2D eigenvalue weighted by Crippen LogP contribution is -2.30. The third-order valence-electron chi connectivity index (χ3n) is 6.10. The SMILES string of the molecule is Cc1ccc(CN2C[C@H]3CCn4c(C(=O)NCc5ccc(F)cc5)nnc4[C@H]3C2)o1. The molecule has 1 saturated heterocycles. The first kappa shape index (κ1) is 19.0. The molecule has 0 bridgehead atoms. The Bertz CT molecular complexity index is 1060. The van der Waals surface area contributed by atoms with E-state index < -0.39 is 0 Å². The average Bonchev–Trinajstić information content (AvgIpc) is 3.44. The number of carbonyl (C=O) groups is 1. The Morgan fingerprint density at radius 1 is 1.20 bits per heavy atom. The zero-order valence-electron chi connectivity index (χ0n) is 16.8. The molecule has 1 N–H and O–H groups in total. The topological polar surface area (TPSA) is 76.2 Å². The monoisotopic (exact) mass is 409 g/mol. The number of aryl methyl sites for hydroxylation is 1. The van der Waals surface area contributed by atoms with Gasteiger partial charge in [-0.2, -0.15) is 0 Å². The molecule has 1 fully saturated rings. The quantitative estimate of drug-likeness (QED) is 0.701. The van der Waals surface area contributed by atoms with Crippen LogP contribution in [0.2, 0.25) is 0 Å². The van der Waals surface area contributed by atoms with E-state index in [1.807, 2.05) is 23.6 Å². The van der Waals surface area contributed by atoms with Gasteiger partial charge in [0, 0.05) is 32.1 Å². The number of carbonyl (C=O) groups excluding carboxylic acids is 1. The van der Waals surface area contributed by atoms with Crippen molar-refractivity contribution in [2.45, 2.75) is 38.9 Å². The lowest BCUT2D eigenvalue weighted by atomic mass is 9.89. The van der Waals surface area contributed by atoms with Crippen LogP contribution in [0.25, 0.3) is 0 Å². The van der Waals surface area contributed by atoms with Crippen molar-refractivity contribution in [2.75, 3.05) is 13.1 Å². The predicted octanol–water partition coefficient (Wildman–Crippen LogP) is 2.87. The van der Waals surface area contributed by atoms with E-state index in [9.17, 15) is 9.18 Å². The van der Waals surface area contributed by atoms with Crippen LogP contribution in [-0.2, 0) is 19.6 Å². The van der Waals surface area contributed by atoms with Crippen molar-refractivity contribution in [3.63, 3.8) is 0 Å². The van der Waals surface area contributed by atoms with Crippen LogP contribution in [0.4, 0.5) is 4.39 Å². The van der Waals surface area contributed by atoms with Crippen LogP contribution in [0.3, 0.4) is 0 Å². The number of fused-ring (bicyclic) bond motifs is 3. The highest BCUT2D eigenvalue weighted by molar-refractivity contribution is 5.90. The molecule has 5 rings (SSSR count). The van der Waals surface area contributed by atoms with E-state index in [4.69, 9.17) is 4.42 Å². The molecule has 7 nitrogen and oxygen atoms in total. The van der Waals surface area contributed by atoms with Gasteiger partial charge in [0.15, 0.2) is 0 Å². The molecule has 2 aromatic heterocycles. The van der Waals surface area contributed by atoms with Crippen LogP contribution in [-0.4, -0.2) is 38.7 Å². The van der Waals surface area contributed by atoms with E-state index in [2.05, 4.69) is 20.4 Å². The van der Waals surface area contributed by atoms with Gasteiger partial charge < -0.3 is 14.3 Å². The van der Waals surface area contributed by atoms with Gasteiger partial charge in [0.2, 0.25) is 5.82 Å². The molecule has 156 valence electrons. The molecule has 1 aromatic carbocycles. The Labute approximate surface area is 173 Å². The number of likely N-dealkylation sites (tertiary alicyclic amines) is 1. The molecule has 0 spiro atoms. The minimum absolute atomic E-state index is 0.252. The fraction of sp³-hybridized carbons (Fsp3) is 0.409. The Morgan fingerprint density at radius 3 is 2.80 bits per heavy atom. The molecule has 8 heteroatoms. The van der Waals surface area contributed by atoms with Crippen LogP contribution < -0.4 is 5.32 Å².